The van der Waals surface area contributed by atoms with Gasteiger partial charge in [0, 0.05) is 19.0 Å². The molecule has 106 valence electrons. The van der Waals surface area contributed by atoms with Gasteiger partial charge < -0.3 is 15.0 Å². The van der Waals surface area contributed by atoms with Crippen LogP contribution < -0.4 is 10.2 Å². The number of nitrogens with zero attached hydrogens (tertiary/aromatic N) is 2. The number of carbonyl (C=O) groups excluding carboxylic acids is 1. The van der Waals surface area contributed by atoms with E-state index in [0.29, 0.717) is 6.54 Å². The van der Waals surface area contributed by atoms with Gasteiger partial charge >= 0.3 is 6.18 Å². The van der Waals surface area contributed by atoms with Crippen LogP contribution in [0.25, 0.3) is 0 Å². The largest absolute Gasteiger partial charge is 0.434 e. The second-order valence-corrected chi connectivity index (χ2v) is 4.77. The standard InChI is InChI=1S/C10H12F3N3O2S/c1-14-8(17)6-4-16(2-3-18-6)9-15-7(5-19-9)10(11,12)13/h5-6H,2-4H2,1H3,(H,14,17). The van der Waals surface area contributed by atoms with Gasteiger partial charge in [0.2, 0.25) is 0 Å². The zero-order valence-corrected chi connectivity index (χ0v) is 10.8. The van der Waals surface area contributed by atoms with Crippen LogP contribution in [0, 0.1) is 0 Å². The lowest BCUT2D eigenvalue weighted by atomic mass is 10.2. The van der Waals surface area contributed by atoms with Gasteiger partial charge in [0.1, 0.15) is 0 Å². The molecule has 2 heterocycles. The summed E-state index contributed by atoms with van der Waals surface area (Å²) in [5, 5.41) is 3.67. The number of ether oxygens (including phenoxy) is 1. The second-order valence-electron chi connectivity index (χ2n) is 3.93. The molecule has 19 heavy (non-hydrogen) atoms. The van der Waals surface area contributed by atoms with E-state index >= 15 is 0 Å². The molecule has 0 spiro atoms. The smallest absolute Gasteiger partial charge is 0.365 e. The number of rotatable bonds is 2. The topological polar surface area (TPSA) is 54.5 Å². The van der Waals surface area contributed by atoms with Crippen LogP contribution in [-0.4, -0.2) is 43.7 Å². The Labute approximate surface area is 111 Å². The number of amides is 1. The maximum atomic E-state index is 12.5. The van der Waals surface area contributed by atoms with Gasteiger partial charge in [0.15, 0.2) is 16.9 Å². The number of hydrogen-bond acceptors (Lipinski definition) is 5. The van der Waals surface area contributed by atoms with Crippen LogP contribution >= 0.6 is 11.3 Å². The molecule has 0 bridgehead atoms. The molecule has 5 nitrogen and oxygen atoms in total. The van der Waals surface area contributed by atoms with Crippen LogP contribution in [0.3, 0.4) is 0 Å². The fourth-order valence-electron chi connectivity index (χ4n) is 1.68. The second kappa shape index (κ2) is 5.33. The van der Waals surface area contributed by atoms with E-state index in [1.165, 1.54) is 7.05 Å². The first kappa shape index (κ1) is 14.1. The third-order valence-electron chi connectivity index (χ3n) is 2.66. The molecule has 2 rings (SSSR count). The van der Waals surface area contributed by atoms with E-state index in [2.05, 4.69) is 10.3 Å². The van der Waals surface area contributed by atoms with Crippen LogP contribution in [0.15, 0.2) is 5.38 Å². The molecular formula is C10H12F3N3O2S. The van der Waals surface area contributed by atoms with Crippen molar-refractivity contribution in [1.82, 2.24) is 10.3 Å². The summed E-state index contributed by atoms with van der Waals surface area (Å²) in [5.41, 5.74) is -0.907. The number of alkyl halides is 3. The lowest BCUT2D eigenvalue weighted by Crippen LogP contribution is -2.49. The number of likely N-dealkylation sites (N-methyl/N-ethyl adjacent to an activating group) is 1. The van der Waals surface area contributed by atoms with Crippen molar-refractivity contribution >= 4 is 22.4 Å². The minimum absolute atomic E-state index is 0.199. The summed E-state index contributed by atoms with van der Waals surface area (Å²) < 4.78 is 42.7. The van der Waals surface area contributed by atoms with Gasteiger partial charge in [-0.2, -0.15) is 13.2 Å². The molecule has 0 aromatic carbocycles. The minimum Gasteiger partial charge on any atom is -0.365 e. The van der Waals surface area contributed by atoms with Crippen LogP contribution in [0.2, 0.25) is 0 Å². The third-order valence-corrected chi connectivity index (χ3v) is 3.56. The monoisotopic (exact) mass is 295 g/mol. The van der Waals surface area contributed by atoms with Crippen LogP contribution in [-0.2, 0) is 15.7 Å². The third kappa shape index (κ3) is 3.16. The number of morpholine rings is 1. The zero-order chi connectivity index (χ0) is 14.0. The molecule has 1 atom stereocenters. The Morgan fingerprint density at radius 2 is 2.37 bits per heavy atom. The van der Waals surface area contributed by atoms with Crippen molar-refractivity contribution in [3.63, 3.8) is 0 Å². The van der Waals surface area contributed by atoms with Crippen LogP contribution in [0.1, 0.15) is 5.69 Å². The summed E-state index contributed by atoms with van der Waals surface area (Å²) >= 11 is 0.912. The molecule has 1 unspecified atom stereocenters. The number of aromatic nitrogens is 1. The molecule has 0 aliphatic carbocycles. The summed E-state index contributed by atoms with van der Waals surface area (Å²) in [7, 11) is 1.48. The summed E-state index contributed by atoms with van der Waals surface area (Å²) in [6.07, 6.45) is -5.13. The van der Waals surface area contributed by atoms with Crippen molar-refractivity contribution in [3.8, 4) is 0 Å². The Kier molecular flexibility index (Phi) is 3.95. The number of nitrogens with one attached hydrogen (secondary N) is 1. The molecule has 9 heteroatoms. The molecular weight excluding hydrogens is 283 g/mol. The number of thiazole rings is 1. The van der Waals surface area contributed by atoms with Crippen molar-refractivity contribution in [2.75, 3.05) is 31.6 Å². The lowest BCUT2D eigenvalue weighted by molar-refractivity contribution is -0.140. The molecule has 1 aliphatic heterocycles. The highest BCUT2D eigenvalue weighted by molar-refractivity contribution is 7.13. The molecule has 0 radical (unpaired) electrons. The summed E-state index contributed by atoms with van der Waals surface area (Å²) in [5.74, 6) is -0.294. The van der Waals surface area contributed by atoms with Gasteiger partial charge in [-0.3, -0.25) is 4.79 Å². The summed E-state index contributed by atoms with van der Waals surface area (Å²) in [6, 6.07) is 0. The maximum Gasteiger partial charge on any atom is 0.434 e. The van der Waals surface area contributed by atoms with Crippen molar-refractivity contribution in [3.05, 3.63) is 11.1 Å². The Morgan fingerprint density at radius 3 is 2.95 bits per heavy atom. The quantitative estimate of drug-likeness (QED) is 0.888. The molecule has 1 aliphatic rings. The molecule has 1 aromatic rings. The van der Waals surface area contributed by atoms with Gasteiger partial charge in [0.05, 0.1) is 13.2 Å². The van der Waals surface area contributed by atoms with E-state index in [1.807, 2.05) is 0 Å². The van der Waals surface area contributed by atoms with Gasteiger partial charge in [0.25, 0.3) is 5.91 Å². The Balaban J connectivity index is 2.09. The Bertz CT molecular complexity index is 463. The fourth-order valence-corrected chi connectivity index (χ4v) is 2.55. The van der Waals surface area contributed by atoms with E-state index in [-0.39, 0.29) is 24.2 Å². The molecule has 1 aromatic heterocycles. The average molecular weight is 295 g/mol. The SMILES string of the molecule is CNC(=O)C1CN(c2nc(C(F)(F)F)cs2)CCO1. The summed E-state index contributed by atoms with van der Waals surface area (Å²) in [6.45, 7) is 0.891. The van der Waals surface area contributed by atoms with E-state index in [4.69, 9.17) is 4.74 Å². The minimum atomic E-state index is -4.44. The van der Waals surface area contributed by atoms with Crippen LogP contribution in [0.5, 0.6) is 0 Å². The highest BCUT2D eigenvalue weighted by Gasteiger charge is 2.35. The van der Waals surface area contributed by atoms with Crippen molar-refractivity contribution in [1.29, 1.82) is 0 Å². The average Bonchev–Trinajstić information content (AvgIpc) is 2.87. The highest BCUT2D eigenvalue weighted by atomic mass is 32.1. The first-order chi connectivity index (χ1) is 8.91. The van der Waals surface area contributed by atoms with Gasteiger partial charge in [-0.1, -0.05) is 0 Å². The van der Waals surface area contributed by atoms with Gasteiger partial charge in [-0.15, -0.1) is 11.3 Å². The first-order valence-corrected chi connectivity index (χ1v) is 6.40. The van der Waals surface area contributed by atoms with Crippen molar-refractivity contribution in [2.24, 2.45) is 0 Å². The number of halogens is 3. The molecule has 1 N–H and O–H groups in total. The maximum absolute atomic E-state index is 12.5. The van der Waals surface area contributed by atoms with E-state index < -0.39 is 18.0 Å². The van der Waals surface area contributed by atoms with Gasteiger partial charge in [-0.25, -0.2) is 4.98 Å². The highest BCUT2D eigenvalue weighted by Crippen LogP contribution is 2.33. The predicted octanol–water partition coefficient (Wildman–Crippen LogP) is 1.11. The molecule has 1 fully saturated rings. The summed E-state index contributed by atoms with van der Waals surface area (Å²) in [4.78, 5) is 16.6. The Morgan fingerprint density at radius 1 is 1.63 bits per heavy atom. The van der Waals surface area contributed by atoms with E-state index in [0.717, 1.165) is 16.7 Å². The number of carbonyl (C=O) groups is 1. The molecule has 0 saturated carbocycles. The van der Waals surface area contributed by atoms with Crippen LogP contribution in [0.4, 0.5) is 18.3 Å². The van der Waals surface area contributed by atoms with Gasteiger partial charge in [-0.05, 0) is 0 Å². The van der Waals surface area contributed by atoms with E-state index in [9.17, 15) is 18.0 Å². The Hall–Kier alpha value is -1.35. The number of hydrogen-bond donors (Lipinski definition) is 1. The first-order valence-electron chi connectivity index (χ1n) is 5.52. The predicted molar refractivity (Wildman–Crippen MR) is 63.1 cm³/mol. The molecule has 1 saturated heterocycles. The fraction of sp³-hybridized carbons (Fsp3) is 0.600. The van der Waals surface area contributed by atoms with Crippen molar-refractivity contribution in [2.45, 2.75) is 12.3 Å². The molecule has 1 amide bonds. The number of anilines is 1. The van der Waals surface area contributed by atoms with Crippen molar-refractivity contribution < 1.29 is 22.7 Å². The van der Waals surface area contributed by atoms with E-state index in [1.54, 1.807) is 4.90 Å². The zero-order valence-electron chi connectivity index (χ0n) is 10.0. The lowest BCUT2D eigenvalue weighted by Gasteiger charge is -2.31. The normalized spacial score (nSPS) is 20.4.